The Morgan fingerprint density at radius 2 is 2.28 bits per heavy atom. The molecule has 1 aliphatic heterocycles. The van der Waals surface area contributed by atoms with Crippen molar-refractivity contribution in [2.24, 2.45) is 0 Å². The predicted octanol–water partition coefficient (Wildman–Crippen LogP) is -0.951. The van der Waals surface area contributed by atoms with E-state index in [0.29, 0.717) is 17.6 Å². The fourth-order valence-electron chi connectivity index (χ4n) is 2.15. The number of anilines is 1. The van der Waals surface area contributed by atoms with E-state index in [-0.39, 0.29) is 18.5 Å². The summed E-state index contributed by atoms with van der Waals surface area (Å²) < 4.78 is 7.14. The SMILES string of the molecule is Nc1ncnc2c1ncn2[C@H]1O[C@@H](CO)C[C@@H]1O. The lowest BCUT2D eigenvalue weighted by atomic mass is 10.2. The Kier molecular flexibility index (Phi) is 2.62. The molecule has 96 valence electrons. The van der Waals surface area contributed by atoms with E-state index >= 15 is 0 Å². The number of nitrogens with two attached hydrogens (primary N) is 1. The van der Waals surface area contributed by atoms with Gasteiger partial charge in [-0.1, -0.05) is 0 Å². The lowest BCUT2D eigenvalue weighted by molar-refractivity contribution is -0.0486. The lowest BCUT2D eigenvalue weighted by Crippen LogP contribution is -2.19. The topological polar surface area (TPSA) is 119 Å². The predicted molar refractivity (Wildman–Crippen MR) is 61.4 cm³/mol. The summed E-state index contributed by atoms with van der Waals surface area (Å²) >= 11 is 0. The van der Waals surface area contributed by atoms with Gasteiger partial charge in [-0.25, -0.2) is 15.0 Å². The highest BCUT2D eigenvalue weighted by Gasteiger charge is 2.35. The van der Waals surface area contributed by atoms with Crippen LogP contribution < -0.4 is 5.73 Å². The van der Waals surface area contributed by atoms with E-state index in [1.807, 2.05) is 0 Å². The zero-order valence-electron chi connectivity index (χ0n) is 9.47. The second-order valence-corrected chi connectivity index (χ2v) is 4.22. The van der Waals surface area contributed by atoms with E-state index < -0.39 is 12.3 Å². The summed E-state index contributed by atoms with van der Waals surface area (Å²) in [6.45, 7) is -0.128. The molecule has 3 atom stereocenters. The molecule has 0 radical (unpaired) electrons. The maximum atomic E-state index is 9.93. The Balaban J connectivity index is 2.02. The first-order chi connectivity index (χ1) is 8.70. The molecule has 8 nitrogen and oxygen atoms in total. The molecule has 2 aromatic heterocycles. The molecular formula is C10H13N5O3. The maximum absolute atomic E-state index is 9.93. The maximum Gasteiger partial charge on any atom is 0.167 e. The van der Waals surface area contributed by atoms with Crippen LogP contribution in [0.4, 0.5) is 5.82 Å². The van der Waals surface area contributed by atoms with Gasteiger partial charge in [0.05, 0.1) is 19.0 Å². The first kappa shape index (κ1) is 11.3. The van der Waals surface area contributed by atoms with Gasteiger partial charge in [-0.15, -0.1) is 0 Å². The summed E-state index contributed by atoms with van der Waals surface area (Å²) in [5.74, 6) is 0.282. The first-order valence-electron chi connectivity index (χ1n) is 5.58. The molecule has 1 saturated heterocycles. The van der Waals surface area contributed by atoms with Crippen LogP contribution in [0.25, 0.3) is 11.2 Å². The van der Waals surface area contributed by atoms with Crippen LogP contribution in [0.15, 0.2) is 12.7 Å². The highest BCUT2D eigenvalue weighted by Crippen LogP contribution is 2.31. The van der Waals surface area contributed by atoms with Gasteiger partial charge in [0, 0.05) is 6.42 Å². The molecule has 18 heavy (non-hydrogen) atoms. The van der Waals surface area contributed by atoms with Gasteiger partial charge in [0.25, 0.3) is 0 Å². The monoisotopic (exact) mass is 251 g/mol. The number of aliphatic hydroxyl groups is 2. The van der Waals surface area contributed by atoms with Crippen molar-refractivity contribution in [3.63, 3.8) is 0 Å². The summed E-state index contributed by atoms with van der Waals surface area (Å²) in [7, 11) is 0. The van der Waals surface area contributed by atoms with E-state index in [0.717, 1.165) is 0 Å². The van der Waals surface area contributed by atoms with Crippen LogP contribution >= 0.6 is 0 Å². The minimum atomic E-state index is -0.712. The Labute approximate surface area is 102 Å². The molecule has 0 aromatic carbocycles. The Bertz CT molecular complexity index is 572. The van der Waals surface area contributed by atoms with Crippen LogP contribution in [0.2, 0.25) is 0 Å². The molecule has 0 aliphatic carbocycles. The molecule has 2 aromatic rings. The Morgan fingerprint density at radius 3 is 3.00 bits per heavy atom. The van der Waals surface area contributed by atoms with Gasteiger partial charge in [0.1, 0.15) is 17.9 Å². The van der Waals surface area contributed by atoms with Crippen LogP contribution in [0.1, 0.15) is 12.6 Å². The molecule has 0 bridgehead atoms. The standard InChI is InChI=1S/C10H13N5O3/c11-8-7-9(13-3-12-8)15(4-14-7)10-6(17)1-5(2-16)18-10/h3-6,10,16-17H,1-2H2,(H2,11,12,13)/t5-,6+,10+/m1/s1. The molecule has 0 amide bonds. The molecule has 3 rings (SSSR count). The first-order valence-corrected chi connectivity index (χ1v) is 5.58. The van der Waals surface area contributed by atoms with Crippen molar-refractivity contribution in [1.29, 1.82) is 0 Å². The van der Waals surface area contributed by atoms with Crippen molar-refractivity contribution in [2.75, 3.05) is 12.3 Å². The molecule has 1 fully saturated rings. The van der Waals surface area contributed by atoms with Crippen molar-refractivity contribution < 1.29 is 14.9 Å². The average Bonchev–Trinajstić information content (AvgIpc) is 2.93. The number of nitrogens with zero attached hydrogens (tertiary/aromatic N) is 4. The summed E-state index contributed by atoms with van der Waals surface area (Å²) in [4.78, 5) is 12.0. The van der Waals surface area contributed by atoms with E-state index in [4.69, 9.17) is 15.6 Å². The molecule has 0 spiro atoms. The fraction of sp³-hybridized carbons (Fsp3) is 0.500. The largest absolute Gasteiger partial charge is 0.394 e. The average molecular weight is 251 g/mol. The molecule has 8 heteroatoms. The zero-order valence-corrected chi connectivity index (χ0v) is 9.47. The minimum Gasteiger partial charge on any atom is -0.394 e. The number of aliphatic hydroxyl groups excluding tert-OH is 2. The molecule has 3 heterocycles. The third kappa shape index (κ3) is 1.62. The quantitative estimate of drug-likeness (QED) is 0.629. The van der Waals surface area contributed by atoms with E-state index in [9.17, 15) is 5.11 Å². The lowest BCUT2D eigenvalue weighted by Gasteiger charge is -2.16. The fourth-order valence-corrected chi connectivity index (χ4v) is 2.15. The highest BCUT2D eigenvalue weighted by molar-refractivity contribution is 5.81. The van der Waals surface area contributed by atoms with Gasteiger partial charge >= 0.3 is 0 Å². The van der Waals surface area contributed by atoms with E-state index in [2.05, 4.69) is 15.0 Å². The molecular weight excluding hydrogens is 238 g/mol. The van der Waals surface area contributed by atoms with Crippen molar-refractivity contribution in [1.82, 2.24) is 19.5 Å². The van der Waals surface area contributed by atoms with Gasteiger partial charge in [0.2, 0.25) is 0 Å². The second kappa shape index (κ2) is 4.16. The smallest absolute Gasteiger partial charge is 0.167 e. The Hall–Kier alpha value is -1.77. The van der Waals surface area contributed by atoms with Crippen LogP contribution in [-0.2, 0) is 4.74 Å². The molecule has 0 saturated carbocycles. The number of nitrogen functional groups attached to an aromatic ring is 1. The second-order valence-electron chi connectivity index (χ2n) is 4.22. The molecule has 4 N–H and O–H groups in total. The summed E-state index contributed by atoms with van der Waals surface area (Å²) in [6.07, 6.45) is 1.52. The zero-order chi connectivity index (χ0) is 12.7. The number of imidazole rings is 1. The van der Waals surface area contributed by atoms with Gasteiger partial charge in [-0.2, -0.15) is 0 Å². The van der Waals surface area contributed by atoms with Gasteiger partial charge < -0.3 is 20.7 Å². The van der Waals surface area contributed by atoms with E-state index in [1.165, 1.54) is 12.7 Å². The third-order valence-corrected chi connectivity index (χ3v) is 3.03. The van der Waals surface area contributed by atoms with Crippen molar-refractivity contribution >= 4 is 17.0 Å². The number of aromatic nitrogens is 4. The highest BCUT2D eigenvalue weighted by atomic mass is 16.5. The summed E-state index contributed by atoms with van der Waals surface area (Å²) in [5.41, 5.74) is 6.66. The summed E-state index contributed by atoms with van der Waals surface area (Å²) in [5, 5.41) is 19.0. The number of rotatable bonds is 2. The molecule has 0 unspecified atom stereocenters. The number of hydrogen-bond acceptors (Lipinski definition) is 7. The van der Waals surface area contributed by atoms with E-state index in [1.54, 1.807) is 4.57 Å². The van der Waals surface area contributed by atoms with Gasteiger partial charge in [-0.05, 0) is 0 Å². The number of fused-ring (bicyclic) bond motifs is 1. The van der Waals surface area contributed by atoms with Crippen LogP contribution in [0, 0.1) is 0 Å². The van der Waals surface area contributed by atoms with Crippen molar-refractivity contribution in [3.8, 4) is 0 Å². The van der Waals surface area contributed by atoms with Gasteiger partial charge in [0.15, 0.2) is 17.7 Å². The summed E-state index contributed by atoms with van der Waals surface area (Å²) in [6, 6.07) is 0. The normalized spacial score (nSPS) is 28.0. The number of hydrogen-bond donors (Lipinski definition) is 3. The van der Waals surface area contributed by atoms with Crippen LogP contribution in [0.3, 0.4) is 0 Å². The molecule has 1 aliphatic rings. The third-order valence-electron chi connectivity index (χ3n) is 3.03. The van der Waals surface area contributed by atoms with Crippen molar-refractivity contribution in [3.05, 3.63) is 12.7 Å². The van der Waals surface area contributed by atoms with Crippen LogP contribution in [-0.4, -0.2) is 48.5 Å². The number of ether oxygens (including phenoxy) is 1. The van der Waals surface area contributed by atoms with Crippen LogP contribution in [0.5, 0.6) is 0 Å². The Morgan fingerprint density at radius 1 is 1.44 bits per heavy atom. The minimum absolute atomic E-state index is 0.128. The van der Waals surface area contributed by atoms with Gasteiger partial charge in [-0.3, -0.25) is 4.57 Å². The van der Waals surface area contributed by atoms with Crippen molar-refractivity contribution in [2.45, 2.75) is 24.9 Å².